The molecule has 0 radical (unpaired) electrons. The molecule has 3 rings (SSSR count). The zero-order chi connectivity index (χ0) is 14.1. The number of anilines is 1. The highest BCUT2D eigenvalue weighted by molar-refractivity contribution is 9.10. The molecule has 0 atom stereocenters. The van der Waals surface area contributed by atoms with Crippen LogP contribution in [0.1, 0.15) is 5.56 Å². The zero-order valence-corrected chi connectivity index (χ0v) is 12.5. The SMILES string of the molecule is Cc1ccnc(-n2nc(-c3ccc(Br)cc3)cc2N)c1. The molecule has 1 aromatic carbocycles. The Hall–Kier alpha value is -2.14. The summed E-state index contributed by atoms with van der Waals surface area (Å²) in [6.07, 6.45) is 1.76. The Morgan fingerprint density at radius 3 is 2.55 bits per heavy atom. The molecule has 0 amide bonds. The first-order valence-electron chi connectivity index (χ1n) is 6.18. The van der Waals surface area contributed by atoms with E-state index in [2.05, 4.69) is 26.0 Å². The summed E-state index contributed by atoms with van der Waals surface area (Å²) in [6, 6.07) is 13.7. The van der Waals surface area contributed by atoms with Crippen LogP contribution in [0.4, 0.5) is 5.82 Å². The third kappa shape index (κ3) is 2.44. The third-order valence-electron chi connectivity index (χ3n) is 2.99. The Bertz CT molecular complexity index is 747. The molecule has 0 saturated carbocycles. The maximum absolute atomic E-state index is 6.04. The largest absolute Gasteiger partial charge is 0.384 e. The van der Waals surface area contributed by atoms with Gasteiger partial charge in [-0.05, 0) is 36.8 Å². The van der Waals surface area contributed by atoms with Gasteiger partial charge in [-0.1, -0.05) is 28.1 Å². The predicted octanol–water partition coefficient (Wildman–Crippen LogP) is 3.59. The van der Waals surface area contributed by atoms with Gasteiger partial charge in [0, 0.05) is 22.3 Å². The van der Waals surface area contributed by atoms with Crippen LogP contribution in [0.25, 0.3) is 17.1 Å². The first-order chi connectivity index (χ1) is 9.63. The number of hydrogen-bond acceptors (Lipinski definition) is 3. The molecule has 3 aromatic rings. The van der Waals surface area contributed by atoms with Gasteiger partial charge in [0.05, 0.1) is 5.69 Å². The van der Waals surface area contributed by atoms with Crippen LogP contribution in [0.5, 0.6) is 0 Å². The number of halogens is 1. The average molecular weight is 329 g/mol. The molecule has 0 aliphatic rings. The monoisotopic (exact) mass is 328 g/mol. The van der Waals surface area contributed by atoms with Crippen molar-refractivity contribution < 1.29 is 0 Å². The number of nitrogen functional groups attached to an aromatic ring is 1. The molecule has 0 aliphatic heterocycles. The van der Waals surface area contributed by atoms with E-state index in [0.29, 0.717) is 5.82 Å². The van der Waals surface area contributed by atoms with Crippen molar-refractivity contribution in [2.75, 3.05) is 5.73 Å². The van der Waals surface area contributed by atoms with E-state index in [0.717, 1.165) is 27.1 Å². The lowest BCUT2D eigenvalue weighted by Crippen LogP contribution is -2.03. The van der Waals surface area contributed by atoms with E-state index in [4.69, 9.17) is 5.73 Å². The molecule has 0 aliphatic carbocycles. The second-order valence-electron chi connectivity index (χ2n) is 4.56. The fraction of sp³-hybridized carbons (Fsp3) is 0.0667. The molecule has 5 heteroatoms. The summed E-state index contributed by atoms with van der Waals surface area (Å²) in [5.74, 6) is 1.30. The highest BCUT2D eigenvalue weighted by Gasteiger charge is 2.09. The Morgan fingerprint density at radius 2 is 1.85 bits per heavy atom. The summed E-state index contributed by atoms with van der Waals surface area (Å²) >= 11 is 3.42. The van der Waals surface area contributed by atoms with Gasteiger partial charge in [0.15, 0.2) is 5.82 Å². The van der Waals surface area contributed by atoms with Gasteiger partial charge in [0.25, 0.3) is 0 Å². The average Bonchev–Trinajstić information content (AvgIpc) is 2.82. The van der Waals surface area contributed by atoms with Crippen molar-refractivity contribution in [3.63, 3.8) is 0 Å². The first kappa shape index (κ1) is 12.9. The summed E-state index contributed by atoms with van der Waals surface area (Å²) in [7, 11) is 0. The second-order valence-corrected chi connectivity index (χ2v) is 5.48. The fourth-order valence-electron chi connectivity index (χ4n) is 1.98. The van der Waals surface area contributed by atoms with E-state index in [9.17, 15) is 0 Å². The first-order valence-corrected chi connectivity index (χ1v) is 6.97. The maximum atomic E-state index is 6.04. The van der Waals surface area contributed by atoms with Crippen LogP contribution in [0.3, 0.4) is 0 Å². The van der Waals surface area contributed by atoms with Crippen LogP contribution in [0.15, 0.2) is 53.1 Å². The molecule has 2 N–H and O–H groups in total. The Balaban J connectivity index is 2.05. The summed E-state index contributed by atoms with van der Waals surface area (Å²) in [4.78, 5) is 4.30. The lowest BCUT2D eigenvalue weighted by atomic mass is 10.2. The minimum atomic E-state index is 0.570. The van der Waals surface area contributed by atoms with Crippen LogP contribution < -0.4 is 5.73 Å². The van der Waals surface area contributed by atoms with E-state index in [1.807, 2.05) is 49.4 Å². The van der Waals surface area contributed by atoms with E-state index in [1.54, 1.807) is 10.9 Å². The zero-order valence-electron chi connectivity index (χ0n) is 10.9. The number of hydrogen-bond donors (Lipinski definition) is 1. The molecule has 100 valence electrons. The quantitative estimate of drug-likeness (QED) is 0.782. The van der Waals surface area contributed by atoms with Gasteiger partial charge in [-0.25, -0.2) is 4.98 Å². The van der Waals surface area contributed by atoms with Crippen LogP contribution in [0, 0.1) is 6.92 Å². The Morgan fingerprint density at radius 1 is 1.10 bits per heavy atom. The van der Waals surface area contributed by atoms with Crippen molar-refractivity contribution in [2.45, 2.75) is 6.92 Å². The number of nitrogens with zero attached hydrogens (tertiary/aromatic N) is 3. The molecule has 0 saturated heterocycles. The van der Waals surface area contributed by atoms with E-state index >= 15 is 0 Å². The van der Waals surface area contributed by atoms with Crippen molar-refractivity contribution in [3.05, 3.63) is 58.7 Å². The number of rotatable bonds is 2. The summed E-state index contributed by atoms with van der Waals surface area (Å²) < 4.78 is 2.69. The second kappa shape index (κ2) is 5.09. The molecular formula is C15H13BrN4. The lowest BCUT2D eigenvalue weighted by Gasteiger charge is -2.03. The smallest absolute Gasteiger partial charge is 0.155 e. The number of benzene rings is 1. The number of pyridine rings is 1. The molecule has 2 aromatic heterocycles. The molecule has 20 heavy (non-hydrogen) atoms. The molecule has 0 unspecified atom stereocenters. The fourth-order valence-corrected chi connectivity index (χ4v) is 2.24. The van der Waals surface area contributed by atoms with Crippen LogP contribution in [-0.2, 0) is 0 Å². The summed E-state index contributed by atoms with van der Waals surface area (Å²) in [5, 5.41) is 4.53. The standard InChI is InChI=1S/C15H13BrN4/c1-10-6-7-18-15(8-10)20-14(17)9-13(19-20)11-2-4-12(16)5-3-11/h2-9H,17H2,1H3. The molecule has 0 fully saturated rings. The molecule has 2 heterocycles. The summed E-state index contributed by atoms with van der Waals surface area (Å²) in [6.45, 7) is 2.01. The minimum absolute atomic E-state index is 0.570. The number of nitrogens with two attached hydrogens (primary N) is 1. The van der Waals surface area contributed by atoms with Crippen molar-refractivity contribution >= 4 is 21.7 Å². The maximum Gasteiger partial charge on any atom is 0.155 e. The molecule has 0 spiro atoms. The van der Waals surface area contributed by atoms with Gasteiger partial charge in [-0.15, -0.1) is 0 Å². The van der Waals surface area contributed by atoms with Crippen molar-refractivity contribution in [3.8, 4) is 17.1 Å². The van der Waals surface area contributed by atoms with Crippen LogP contribution >= 0.6 is 15.9 Å². The minimum Gasteiger partial charge on any atom is -0.384 e. The van der Waals surface area contributed by atoms with Gasteiger partial charge >= 0.3 is 0 Å². The highest BCUT2D eigenvalue weighted by atomic mass is 79.9. The van der Waals surface area contributed by atoms with E-state index in [-0.39, 0.29) is 0 Å². The van der Waals surface area contributed by atoms with Gasteiger partial charge in [0.2, 0.25) is 0 Å². The third-order valence-corrected chi connectivity index (χ3v) is 3.52. The lowest BCUT2D eigenvalue weighted by molar-refractivity contribution is 0.858. The Labute approximate surface area is 125 Å². The van der Waals surface area contributed by atoms with Gasteiger partial charge in [-0.2, -0.15) is 9.78 Å². The van der Waals surface area contributed by atoms with Crippen molar-refractivity contribution in [1.82, 2.24) is 14.8 Å². The molecular weight excluding hydrogens is 316 g/mol. The van der Waals surface area contributed by atoms with Gasteiger partial charge in [-0.3, -0.25) is 0 Å². The Kier molecular flexibility index (Phi) is 3.28. The highest BCUT2D eigenvalue weighted by Crippen LogP contribution is 2.24. The van der Waals surface area contributed by atoms with E-state index in [1.165, 1.54) is 0 Å². The normalized spacial score (nSPS) is 10.7. The topological polar surface area (TPSA) is 56.7 Å². The molecule has 4 nitrogen and oxygen atoms in total. The van der Waals surface area contributed by atoms with Gasteiger partial charge in [0.1, 0.15) is 5.82 Å². The van der Waals surface area contributed by atoms with Crippen LogP contribution in [-0.4, -0.2) is 14.8 Å². The van der Waals surface area contributed by atoms with Crippen LogP contribution in [0.2, 0.25) is 0 Å². The number of aromatic nitrogens is 3. The van der Waals surface area contributed by atoms with Crippen molar-refractivity contribution in [2.24, 2.45) is 0 Å². The molecule has 0 bridgehead atoms. The number of aryl methyl sites for hydroxylation is 1. The predicted molar refractivity (Wildman–Crippen MR) is 83.6 cm³/mol. The van der Waals surface area contributed by atoms with E-state index < -0.39 is 0 Å². The van der Waals surface area contributed by atoms with Crippen molar-refractivity contribution in [1.29, 1.82) is 0 Å². The van der Waals surface area contributed by atoms with Gasteiger partial charge < -0.3 is 5.73 Å². The summed E-state index contributed by atoms with van der Waals surface area (Å²) in [5.41, 5.74) is 9.01.